The normalized spacial score (nSPS) is 10.8. The summed E-state index contributed by atoms with van der Waals surface area (Å²) in [6.45, 7) is 0. The Hall–Kier alpha value is -2.26. The maximum Gasteiger partial charge on any atom is 0.199 e. The van der Waals surface area contributed by atoms with Crippen LogP contribution >= 0.6 is 11.6 Å². The van der Waals surface area contributed by atoms with Crippen molar-refractivity contribution in [2.45, 2.75) is 0 Å². The predicted molar refractivity (Wildman–Crippen MR) is 77.3 cm³/mol. The van der Waals surface area contributed by atoms with E-state index in [1.807, 2.05) is 30.3 Å². The molecule has 0 fully saturated rings. The topological polar surface area (TPSA) is 59.9 Å². The van der Waals surface area contributed by atoms with Gasteiger partial charge in [-0.2, -0.15) is 0 Å². The van der Waals surface area contributed by atoms with E-state index in [1.54, 1.807) is 18.2 Å². The fraction of sp³-hybridized carbons (Fsp3) is 0. The summed E-state index contributed by atoms with van der Waals surface area (Å²) in [4.78, 5) is 2.85. The van der Waals surface area contributed by atoms with Gasteiger partial charge in [0.05, 0.1) is 16.8 Å². The van der Waals surface area contributed by atoms with E-state index in [9.17, 15) is 5.11 Å². The highest BCUT2D eigenvalue weighted by atomic mass is 35.5. The van der Waals surface area contributed by atoms with Gasteiger partial charge in [-0.1, -0.05) is 48.0 Å². The molecular formula is C15H11ClN2O. The van der Waals surface area contributed by atoms with Crippen LogP contribution in [0.1, 0.15) is 11.1 Å². The van der Waals surface area contributed by atoms with Crippen LogP contribution in [0.2, 0.25) is 5.02 Å². The molecule has 0 radical (unpaired) electrons. The number of benzene rings is 2. The smallest absolute Gasteiger partial charge is 0.199 e. The minimum atomic E-state index is -0.00822. The Bertz CT molecular complexity index is 762. The van der Waals surface area contributed by atoms with E-state index < -0.39 is 0 Å². The summed E-state index contributed by atoms with van der Waals surface area (Å²) >= 11 is 5.92. The van der Waals surface area contributed by atoms with Gasteiger partial charge in [0, 0.05) is 16.0 Å². The second-order valence-electron chi connectivity index (χ2n) is 4.28. The van der Waals surface area contributed by atoms with Crippen LogP contribution in [-0.4, -0.2) is 15.8 Å². The zero-order chi connectivity index (χ0) is 13.4. The molecule has 94 valence electrons. The molecule has 0 atom stereocenters. The third-order valence-corrected chi connectivity index (χ3v) is 3.29. The van der Waals surface area contributed by atoms with Crippen molar-refractivity contribution in [3.05, 3.63) is 64.7 Å². The van der Waals surface area contributed by atoms with Gasteiger partial charge >= 0.3 is 0 Å². The molecule has 3 N–H and O–H groups in total. The summed E-state index contributed by atoms with van der Waals surface area (Å²) < 4.78 is 0. The molecule has 3 aromatic rings. The molecule has 4 heteroatoms. The molecule has 2 aromatic carbocycles. The van der Waals surface area contributed by atoms with E-state index in [2.05, 4.69) is 4.98 Å². The Morgan fingerprint density at radius 2 is 1.84 bits per heavy atom. The van der Waals surface area contributed by atoms with Gasteiger partial charge in [0.2, 0.25) is 0 Å². The largest absolute Gasteiger partial charge is 0.494 e. The van der Waals surface area contributed by atoms with Crippen molar-refractivity contribution in [1.29, 1.82) is 5.41 Å². The van der Waals surface area contributed by atoms with E-state index in [-0.39, 0.29) is 11.6 Å². The third kappa shape index (κ3) is 1.98. The number of nitrogens with one attached hydrogen (secondary N) is 2. The Kier molecular flexibility index (Phi) is 2.76. The van der Waals surface area contributed by atoms with Gasteiger partial charge in [-0.3, -0.25) is 5.41 Å². The Labute approximate surface area is 115 Å². The molecule has 0 saturated carbocycles. The molecule has 0 aliphatic heterocycles. The van der Waals surface area contributed by atoms with Crippen LogP contribution < -0.4 is 0 Å². The van der Waals surface area contributed by atoms with E-state index in [0.717, 1.165) is 16.5 Å². The molecule has 1 heterocycles. The van der Waals surface area contributed by atoms with E-state index in [4.69, 9.17) is 17.0 Å². The van der Waals surface area contributed by atoms with Gasteiger partial charge in [0.25, 0.3) is 0 Å². The fourth-order valence-electron chi connectivity index (χ4n) is 2.16. The van der Waals surface area contributed by atoms with Crippen molar-refractivity contribution in [2.75, 3.05) is 0 Å². The van der Waals surface area contributed by atoms with E-state index >= 15 is 0 Å². The standard InChI is InChI=1S/C15H11ClN2O/c16-10-6-7-11-12(8-10)18-15(19)13(11)14(17)9-4-2-1-3-5-9/h1-8,17-19H. The van der Waals surface area contributed by atoms with Crippen LogP contribution in [-0.2, 0) is 0 Å². The highest BCUT2D eigenvalue weighted by Crippen LogP contribution is 2.30. The fourth-order valence-corrected chi connectivity index (χ4v) is 2.33. The van der Waals surface area contributed by atoms with Crippen molar-refractivity contribution in [3.63, 3.8) is 0 Å². The van der Waals surface area contributed by atoms with Crippen molar-refractivity contribution in [1.82, 2.24) is 4.98 Å². The van der Waals surface area contributed by atoms with Gasteiger partial charge in [0.1, 0.15) is 0 Å². The van der Waals surface area contributed by atoms with Crippen LogP contribution in [0, 0.1) is 5.41 Å². The number of fused-ring (bicyclic) bond motifs is 1. The molecule has 0 aliphatic carbocycles. The molecule has 0 amide bonds. The minimum Gasteiger partial charge on any atom is -0.494 e. The lowest BCUT2D eigenvalue weighted by Crippen LogP contribution is -2.00. The zero-order valence-corrected chi connectivity index (χ0v) is 10.7. The van der Waals surface area contributed by atoms with Crippen molar-refractivity contribution in [3.8, 4) is 5.88 Å². The number of hydrogen-bond donors (Lipinski definition) is 3. The molecule has 3 rings (SSSR count). The summed E-state index contributed by atoms with van der Waals surface area (Å²) in [5, 5.41) is 19.6. The number of hydrogen-bond acceptors (Lipinski definition) is 2. The molecule has 19 heavy (non-hydrogen) atoms. The van der Waals surface area contributed by atoms with E-state index in [0.29, 0.717) is 10.6 Å². The molecule has 3 nitrogen and oxygen atoms in total. The van der Waals surface area contributed by atoms with Crippen molar-refractivity contribution >= 4 is 28.2 Å². The Morgan fingerprint density at radius 3 is 2.58 bits per heavy atom. The molecule has 0 spiro atoms. The summed E-state index contributed by atoms with van der Waals surface area (Å²) in [5.74, 6) is -0.00822. The maximum atomic E-state index is 10.0. The number of aromatic hydroxyl groups is 1. The summed E-state index contributed by atoms with van der Waals surface area (Å²) in [7, 11) is 0. The first kappa shape index (κ1) is 11.8. The Balaban J connectivity index is 2.20. The van der Waals surface area contributed by atoms with E-state index in [1.165, 1.54) is 0 Å². The maximum absolute atomic E-state index is 10.0. The third-order valence-electron chi connectivity index (χ3n) is 3.05. The molecule has 0 saturated heterocycles. The summed E-state index contributed by atoms with van der Waals surface area (Å²) in [6.07, 6.45) is 0. The van der Waals surface area contributed by atoms with Crippen molar-refractivity contribution in [2.24, 2.45) is 0 Å². The van der Waals surface area contributed by atoms with Crippen LogP contribution in [0.3, 0.4) is 0 Å². The number of H-pyrrole nitrogens is 1. The summed E-state index contributed by atoms with van der Waals surface area (Å²) in [6, 6.07) is 14.6. The van der Waals surface area contributed by atoms with Crippen LogP contribution in [0.25, 0.3) is 10.9 Å². The van der Waals surface area contributed by atoms with Crippen LogP contribution in [0.15, 0.2) is 48.5 Å². The minimum absolute atomic E-state index is 0.00822. The number of aromatic nitrogens is 1. The zero-order valence-electron chi connectivity index (χ0n) is 9.94. The lowest BCUT2D eigenvalue weighted by Gasteiger charge is -2.03. The summed E-state index contributed by atoms with van der Waals surface area (Å²) in [5.41, 5.74) is 2.26. The molecule has 0 aliphatic rings. The molecule has 0 unspecified atom stereocenters. The first-order valence-corrected chi connectivity index (χ1v) is 6.19. The second kappa shape index (κ2) is 4.44. The van der Waals surface area contributed by atoms with Crippen LogP contribution in [0.5, 0.6) is 5.88 Å². The molecule has 1 aromatic heterocycles. The second-order valence-corrected chi connectivity index (χ2v) is 4.72. The highest BCUT2D eigenvalue weighted by Gasteiger charge is 2.16. The highest BCUT2D eigenvalue weighted by molar-refractivity contribution is 6.31. The predicted octanol–water partition coefficient (Wildman–Crippen LogP) is 3.94. The van der Waals surface area contributed by atoms with Gasteiger partial charge in [-0.05, 0) is 12.1 Å². The van der Waals surface area contributed by atoms with Gasteiger partial charge in [-0.25, -0.2) is 0 Å². The average Bonchev–Trinajstić information content (AvgIpc) is 2.74. The van der Waals surface area contributed by atoms with Gasteiger partial charge in [-0.15, -0.1) is 0 Å². The monoisotopic (exact) mass is 270 g/mol. The Morgan fingerprint density at radius 1 is 1.11 bits per heavy atom. The number of rotatable bonds is 2. The molecule has 0 bridgehead atoms. The average molecular weight is 271 g/mol. The number of aromatic amines is 1. The number of halogens is 1. The first-order chi connectivity index (χ1) is 9.16. The first-order valence-electron chi connectivity index (χ1n) is 5.81. The van der Waals surface area contributed by atoms with Crippen molar-refractivity contribution < 1.29 is 5.11 Å². The SMILES string of the molecule is N=C(c1ccccc1)c1c(O)[nH]c2cc(Cl)ccc12. The lowest BCUT2D eigenvalue weighted by atomic mass is 10.0. The van der Waals surface area contributed by atoms with Gasteiger partial charge in [0.15, 0.2) is 5.88 Å². The van der Waals surface area contributed by atoms with Gasteiger partial charge < -0.3 is 10.1 Å². The quantitative estimate of drug-likeness (QED) is 0.607. The lowest BCUT2D eigenvalue weighted by molar-refractivity contribution is 0.457. The van der Waals surface area contributed by atoms with Crippen LogP contribution in [0.4, 0.5) is 0 Å². The molecular weight excluding hydrogens is 260 g/mol.